The molecule has 0 heterocycles. The van der Waals surface area contributed by atoms with E-state index in [1.807, 2.05) is 0 Å². The Morgan fingerprint density at radius 1 is 1.06 bits per heavy atom. The van der Waals surface area contributed by atoms with Crippen molar-refractivity contribution in [2.45, 2.75) is 60.3 Å². The van der Waals surface area contributed by atoms with Gasteiger partial charge in [0.1, 0.15) is 0 Å². The van der Waals surface area contributed by atoms with Crippen LogP contribution in [0, 0.1) is 18.3 Å². The van der Waals surface area contributed by atoms with Crippen molar-refractivity contribution in [2.24, 2.45) is 11.3 Å². The first-order chi connectivity index (χ1) is 7.87. The topological polar surface area (TPSA) is 0 Å². The van der Waals surface area contributed by atoms with Crippen LogP contribution in [0.4, 0.5) is 0 Å². The fraction of sp³-hybridized carbons (Fsp3) is 0.647. The molecule has 1 aromatic rings. The lowest BCUT2D eigenvalue weighted by Crippen LogP contribution is -2.11. The molecule has 0 spiro atoms. The first-order valence-electron chi connectivity index (χ1n) is 6.92. The quantitative estimate of drug-likeness (QED) is 0.638. The highest BCUT2D eigenvalue weighted by Crippen LogP contribution is 2.27. The van der Waals surface area contributed by atoms with Gasteiger partial charge >= 0.3 is 0 Å². The van der Waals surface area contributed by atoms with E-state index in [0.717, 1.165) is 5.92 Å². The molecule has 0 saturated carbocycles. The van der Waals surface area contributed by atoms with E-state index >= 15 is 0 Å². The summed E-state index contributed by atoms with van der Waals surface area (Å²) in [5, 5.41) is 0. The standard InChI is InChI=1S/C17H28/c1-14-9-11-16(12-10-14)8-6-7-15(2)13-17(3,4)5/h9-12,15H,6-8,13H2,1-5H3. The molecule has 0 aromatic heterocycles. The molecule has 1 unspecified atom stereocenters. The molecule has 0 aliphatic heterocycles. The number of benzene rings is 1. The minimum Gasteiger partial charge on any atom is -0.0625 e. The van der Waals surface area contributed by atoms with Crippen LogP contribution in [0.15, 0.2) is 24.3 Å². The van der Waals surface area contributed by atoms with Crippen molar-refractivity contribution in [1.82, 2.24) is 0 Å². The normalized spacial score (nSPS) is 13.7. The second kappa shape index (κ2) is 6.23. The molecule has 0 N–H and O–H groups in total. The van der Waals surface area contributed by atoms with E-state index in [2.05, 4.69) is 58.9 Å². The lowest BCUT2D eigenvalue weighted by molar-refractivity contribution is 0.293. The number of aryl methyl sites for hydroxylation is 2. The number of hydrogen-bond donors (Lipinski definition) is 0. The van der Waals surface area contributed by atoms with E-state index in [9.17, 15) is 0 Å². The van der Waals surface area contributed by atoms with E-state index in [0.29, 0.717) is 5.41 Å². The minimum absolute atomic E-state index is 0.475. The van der Waals surface area contributed by atoms with Crippen LogP contribution in [0.1, 0.15) is 58.1 Å². The van der Waals surface area contributed by atoms with Gasteiger partial charge in [-0.3, -0.25) is 0 Å². The summed E-state index contributed by atoms with van der Waals surface area (Å²) in [5.41, 5.74) is 3.32. The molecule has 17 heavy (non-hydrogen) atoms. The summed E-state index contributed by atoms with van der Waals surface area (Å²) in [4.78, 5) is 0. The molecule has 1 rings (SSSR count). The third-order valence-corrected chi connectivity index (χ3v) is 3.24. The lowest BCUT2D eigenvalue weighted by atomic mass is 9.83. The molecule has 0 amide bonds. The lowest BCUT2D eigenvalue weighted by Gasteiger charge is -2.23. The van der Waals surface area contributed by atoms with Gasteiger partial charge in [-0.05, 0) is 43.1 Å². The Morgan fingerprint density at radius 3 is 2.18 bits per heavy atom. The first-order valence-corrected chi connectivity index (χ1v) is 6.92. The minimum atomic E-state index is 0.475. The third-order valence-electron chi connectivity index (χ3n) is 3.24. The smallest absolute Gasteiger partial charge is 0.0279 e. The molecule has 0 bridgehead atoms. The predicted molar refractivity (Wildman–Crippen MR) is 77.4 cm³/mol. The molecular weight excluding hydrogens is 204 g/mol. The summed E-state index contributed by atoms with van der Waals surface area (Å²) >= 11 is 0. The summed E-state index contributed by atoms with van der Waals surface area (Å²) in [5.74, 6) is 0.848. The van der Waals surface area contributed by atoms with Crippen molar-refractivity contribution in [3.8, 4) is 0 Å². The first kappa shape index (κ1) is 14.3. The zero-order valence-corrected chi connectivity index (χ0v) is 12.2. The van der Waals surface area contributed by atoms with E-state index in [1.54, 1.807) is 0 Å². The zero-order chi connectivity index (χ0) is 12.9. The maximum atomic E-state index is 2.39. The molecule has 0 saturated heterocycles. The van der Waals surface area contributed by atoms with Crippen LogP contribution < -0.4 is 0 Å². The van der Waals surface area contributed by atoms with Gasteiger partial charge in [-0.1, -0.05) is 63.9 Å². The molecule has 96 valence electrons. The van der Waals surface area contributed by atoms with Crippen molar-refractivity contribution in [1.29, 1.82) is 0 Å². The Labute approximate surface area is 107 Å². The Hall–Kier alpha value is -0.780. The summed E-state index contributed by atoms with van der Waals surface area (Å²) in [6.45, 7) is 11.5. The molecule has 0 aliphatic carbocycles. The summed E-state index contributed by atoms with van der Waals surface area (Å²) in [7, 11) is 0. The van der Waals surface area contributed by atoms with Gasteiger partial charge in [0.15, 0.2) is 0 Å². The average Bonchev–Trinajstić information content (AvgIpc) is 2.18. The Bertz CT molecular complexity index is 313. The van der Waals surface area contributed by atoms with Gasteiger partial charge in [0.2, 0.25) is 0 Å². The van der Waals surface area contributed by atoms with Gasteiger partial charge in [0.05, 0.1) is 0 Å². The fourth-order valence-electron chi connectivity index (χ4n) is 2.56. The monoisotopic (exact) mass is 232 g/mol. The van der Waals surface area contributed by atoms with Crippen molar-refractivity contribution in [2.75, 3.05) is 0 Å². The third kappa shape index (κ3) is 6.51. The Kier molecular flexibility index (Phi) is 5.24. The Morgan fingerprint density at radius 2 is 1.65 bits per heavy atom. The molecule has 0 fully saturated rings. The number of hydrogen-bond acceptors (Lipinski definition) is 0. The van der Waals surface area contributed by atoms with Gasteiger partial charge < -0.3 is 0 Å². The maximum absolute atomic E-state index is 2.39. The summed E-state index contributed by atoms with van der Waals surface area (Å²) < 4.78 is 0. The van der Waals surface area contributed by atoms with Crippen molar-refractivity contribution in [3.63, 3.8) is 0 Å². The van der Waals surface area contributed by atoms with Crippen LogP contribution >= 0.6 is 0 Å². The van der Waals surface area contributed by atoms with Gasteiger partial charge in [-0.15, -0.1) is 0 Å². The molecule has 0 radical (unpaired) electrons. The second-order valence-electron chi connectivity index (χ2n) is 6.75. The maximum Gasteiger partial charge on any atom is -0.0279 e. The van der Waals surface area contributed by atoms with Gasteiger partial charge in [-0.25, -0.2) is 0 Å². The van der Waals surface area contributed by atoms with Crippen molar-refractivity contribution < 1.29 is 0 Å². The SMILES string of the molecule is Cc1ccc(CCCC(C)CC(C)(C)C)cc1. The second-order valence-corrected chi connectivity index (χ2v) is 6.75. The average molecular weight is 232 g/mol. The number of rotatable bonds is 5. The largest absolute Gasteiger partial charge is 0.0625 e. The zero-order valence-electron chi connectivity index (χ0n) is 12.2. The van der Waals surface area contributed by atoms with E-state index in [-0.39, 0.29) is 0 Å². The van der Waals surface area contributed by atoms with Crippen LogP contribution in [0.25, 0.3) is 0 Å². The summed E-state index contributed by atoms with van der Waals surface area (Å²) in [6.07, 6.45) is 5.24. The van der Waals surface area contributed by atoms with Crippen LogP contribution in [0.2, 0.25) is 0 Å². The van der Waals surface area contributed by atoms with Crippen LogP contribution in [-0.2, 0) is 6.42 Å². The molecular formula is C17H28. The van der Waals surface area contributed by atoms with Gasteiger partial charge in [0.25, 0.3) is 0 Å². The van der Waals surface area contributed by atoms with Gasteiger partial charge in [-0.2, -0.15) is 0 Å². The van der Waals surface area contributed by atoms with Crippen LogP contribution in [0.3, 0.4) is 0 Å². The molecule has 0 aliphatic rings. The van der Waals surface area contributed by atoms with Crippen molar-refractivity contribution >= 4 is 0 Å². The Balaban J connectivity index is 2.26. The van der Waals surface area contributed by atoms with Crippen LogP contribution in [-0.4, -0.2) is 0 Å². The predicted octanol–water partition coefficient (Wildman–Crippen LogP) is 5.39. The van der Waals surface area contributed by atoms with Crippen molar-refractivity contribution in [3.05, 3.63) is 35.4 Å². The highest BCUT2D eigenvalue weighted by molar-refractivity contribution is 5.21. The molecule has 0 heteroatoms. The van der Waals surface area contributed by atoms with Gasteiger partial charge in [0, 0.05) is 0 Å². The molecule has 0 nitrogen and oxygen atoms in total. The fourth-order valence-corrected chi connectivity index (χ4v) is 2.56. The van der Waals surface area contributed by atoms with E-state index < -0.39 is 0 Å². The van der Waals surface area contributed by atoms with Crippen LogP contribution in [0.5, 0.6) is 0 Å². The highest BCUT2D eigenvalue weighted by atomic mass is 14.2. The molecule has 1 aromatic carbocycles. The summed E-state index contributed by atoms with van der Waals surface area (Å²) in [6, 6.07) is 8.97. The van der Waals surface area contributed by atoms with E-state index in [1.165, 1.54) is 36.8 Å². The molecule has 1 atom stereocenters. The van der Waals surface area contributed by atoms with E-state index in [4.69, 9.17) is 0 Å². The highest BCUT2D eigenvalue weighted by Gasteiger charge is 2.14.